The van der Waals surface area contributed by atoms with Crippen LogP contribution in [0, 0.1) is 0 Å². The van der Waals surface area contributed by atoms with Gasteiger partial charge in [0.1, 0.15) is 11.4 Å². The highest BCUT2D eigenvalue weighted by molar-refractivity contribution is 5.81. The average molecular weight is 251 g/mol. The van der Waals surface area contributed by atoms with Crippen molar-refractivity contribution in [2.75, 3.05) is 0 Å². The SMILES string of the molecule is CC(C)(C)c1ccc2nc(C(F)F)c(O)cc2c1. The van der Waals surface area contributed by atoms with Gasteiger partial charge in [-0.2, -0.15) is 0 Å². The number of alkyl halides is 2. The van der Waals surface area contributed by atoms with Crippen LogP contribution in [0.3, 0.4) is 0 Å². The van der Waals surface area contributed by atoms with Crippen LogP contribution in [0.5, 0.6) is 5.75 Å². The van der Waals surface area contributed by atoms with Gasteiger partial charge < -0.3 is 5.11 Å². The number of benzene rings is 1. The van der Waals surface area contributed by atoms with Gasteiger partial charge in [0.05, 0.1) is 5.52 Å². The predicted molar refractivity (Wildman–Crippen MR) is 67.1 cm³/mol. The first-order valence-electron chi connectivity index (χ1n) is 5.71. The fourth-order valence-corrected chi connectivity index (χ4v) is 1.81. The highest BCUT2D eigenvalue weighted by Crippen LogP contribution is 2.31. The van der Waals surface area contributed by atoms with Crippen LogP contribution < -0.4 is 0 Å². The van der Waals surface area contributed by atoms with Crippen molar-refractivity contribution in [2.24, 2.45) is 0 Å². The molecule has 96 valence electrons. The van der Waals surface area contributed by atoms with Crippen LogP contribution in [-0.4, -0.2) is 10.1 Å². The van der Waals surface area contributed by atoms with Crippen LogP contribution >= 0.6 is 0 Å². The highest BCUT2D eigenvalue weighted by Gasteiger charge is 2.18. The molecule has 0 saturated carbocycles. The Morgan fingerprint density at radius 3 is 2.39 bits per heavy atom. The Hall–Kier alpha value is -1.71. The molecule has 2 rings (SSSR count). The number of pyridine rings is 1. The van der Waals surface area contributed by atoms with Crippen molar-refractivity contribution in [3.63, 3.8) is 0 Å². The summed E-state index contributed by atoms with van der Waals surface area (Å²) in [5, 5.41) is 10.2. The zero-order valence-corrected chi connectivity index (χ0v) is 10.5. The molecular weight excluding hydrogens is 236 g/mol. The van der Waals surface area contributed by atoms with E-state index in [1.807, 2.05) is 12.1 Å². The largest absolute Gasteiger partial charge is 0.506 e. The normalized spacial score (nSPS) is 12.3. The van der Waals surface area contributed by atoms with Gasteiger partial charge in [-0.1, -0.05) is 26.8 Å². The summed E-state index contributed by atoms with van der Waals surface area (Å²) in [6.07, 6.45) is -2.77. The minimum atomic E-state index is -2.77. The number of rotatable bonds is 1. The second kappa shape index (κ2) is 4.19. The van der Waals surface area contributed by atoms with Gasteiger partial charge in [-0.15, -0.1) is 0 Å². The standard InChI is InChI=1S/C14H15F2NO/c1-14(2,3)9-4-5-10-8(6-9)7-11(18)12(17-10)13(15)16/h4-7,13,18H,1-3H3. The molecule has 0 spiro atoms. The zero-order valence-electron chi connectivity index (χ0n) is 10.5. The molecule has 0 atom stereocenters. The number of aromatic nitrogens is 1. The summed E-state index contributed by atoms with van der Waals surface area (Å²) in [5.74, 6) is -0.455. The minimum absolute atomic E-state index is 0.0365. The van der Waals surface area contributed by atoms with Crippen molar-refractivity contribution in [2.45, 2.75) is 32.6 Å². The fourth-order valence-electron chi connectivity index (χ4n) is 1.81. The number of hydrogen-bond donors (Lipinski definition) is 1. The third kappa shape index (κ3) is 2.28. The maximum atomic E-state index is 12.6. The zero-order chi connectivity index (χ0) is 13.5. The van der Waals surface area contributed by atoms with E-state index in [0.717, 1.165) is 5.56 Å². The van der Waals surface area contributed by atoms with Gasteiger partial charge in [-0.3, -0.25) is 0 Å². The van der Waals surface area contributed by atoms with E-state index in [1.165, 1.54) is 6.07 Å². The summed E-state index contributed by atoms with van der Waals surface area (Å²) in [6.45, 7) is 6.19. The molecular formula is C14H15F2NO. The molecule has 0 fully saturated rings. The number of aromatic hydroxyl groups is 1. The first-order chi connectivity index (χ1) is 8.29. The van der Waals surface area contributed by atoms with Gasteiger partial charge in [0.15, 0.2) is 0 Å². The summed E-state index contributed by atoms with van der Waals surface area (Å²) in [7, 11) is 0. The van der Waals surface area contributed by atoms with Crippen molar-refractivity contribution in [3.05, 3.63) is 35.5 Å². The van der Waals surface area contributed by atoms with Gasteiger partial charge in [0, 0.05) is 5.39 Å². The fraction of sp³-hybridized carbons (Fsp3) is 0.357. The van der Waals surface area contributed by atoms with Gasteiger partial charge in [0.2, 0.25) is 0 Å². The van der Waals surface area contributed by atoms with E-state index in [1.54, 1.807) is 6.07 Å². The molecule has 0 aliphatic carbocycles. The maximum absolute atomic E-state index is 12.6. The van der Waals surface area contributed by atoms with Gasteiger partial charge >= 0.3 is 0 Å². The van der Waals surface area contributed by atoms with Crippen LogP contribution in [0.25, 0.3) is 10.9 Å². The molecule has 0 saturated heterocycles. The molecule has 1 heterocycles. The van der Waals surface area contributed by atoms with E-state index in [-0.39, 0.29) is 5.41 Å². The Balaban J connectivity index is 2.63. The first kappa shape index (κ1) is 12.7. The smallest absolute Gasteiger partial charge is 0.284 e. The third-order valence-corrected chi connectivity index (χ3v) is 2.90. The van der Waals surface area contributed by atoms with Crippen molar-refractivity contribution >= 4 is 10.9 Å². The molecule has 1 aromatic carbocycles. The Morgan fingerprint density at radius 1 is 1.17 bits per heavy atom. The summed E-state index contributed by atoms with van der Waals surface area (Å²) in [4.78, 5) is 3.80. The summed E-state index contributed by atoms with van der Waals surface area (Å²) in [6, 6.07) is 6.80. The highest BCUT2D eigenvalue weighted by atomic mass is 19.3. The molecule has 0 aliphatic heterocycles. The molecule has 0 radical (unpaired) electrons. The molecule has 1 N–H and O–H groups in total. The van der Waals surface area contributed by atoms with Gasteiger partial charge in [0.25, 0.3) is 6.43 Å². The average Bonchev–Trinajstić information content (AvgIpc) is 2.25. The van der Waals surface area contributed by atoms with E-state index < -0.39 is 17.9 Å². The summed E-state index contributed by atoms with van der Waals surface area (Å²) >= 11 is 0. The van der Waals surface area contributed by atoms with Crippen molar-refractivity contribution in [3.8, 4) is 5.75 Å². The van der Waals surface area contributed by atoms with Gasteiger partial charge in [-0.25, -0.2) is 13.8 Å². The van der Waals surface area contributed by atoms with Crippen LogP contribution in [0.4, 0.5) is 8.78 Å². The molecule has 0 unspecified atom stereocenters. The molecule has 4 heteroatoms. The number of nitrogens with zero attached hydrogens (tertiary/aromatic N) is 1. The molecule has 2 nitrogen and oxygen atoms in total. The lowest BCUT2D eigenvalue weighted by Crippen LogP contribution is -2.10. The Labute approximate surface area is 104 Å². The van der Waals surface area contributed by atoms with Crippen molar-refractivity contribution in [1.82, 2.24) is 4.98 Å². The van der Waals surface area contributed by atoms with Gasteiger partial charge in [-0.05, 0) is 29.2 Å². The molecule has 0 aliphatic rings. The van der Waals surface area contributed by atoms with E-state index in [0.29, 0.717) is 10.9 Å². The van der Waals surface area contributed by atoms with Crippen molar-refractivity contribution in [1.29, 1.82) is 0 Å². The van der Waals surface area contributed by atoms with Crippen LogP contribution in [-0.2, 0) is 5.41 Å². The summed E-state index contributed by atoms with van der Waals surface area (Å²) < 4.78 is 25.2. The van der Waals surface area contributed by atoms with E-state index in [4.69, 9.17) is 0 Å². The molecule has 1 aromatic heterocycles. The summed E-state index contributed by atoms with van der Waals surface area (Å²) in [5.41, 5.74) is 0.939. The van der Waals surface area contributed by atoms with Crippen LogP contribution in [0.15, 0.2) is 24.3 Å². The maximum Gasteiger partial charge on any atom is 0.284 e. The Morgan fingerprint density at radius 2 is 1.83 bits per heavy atom. The molecule has 18 heavy (non-hydrogen) atoms. The molecule has 0 amide bonds. The first-order valence-corrected chi connectivity index (χ1v) is 5.71. The molecule has 2 aromatic rings. The van der Waals surface area contributed by atoms with Crippen LogP contribution in [0.1, 0.15) is 38.5 Å². The van der Waals surface area contributed by atoms with Crippen molar-refractivity contribution < 1.29 is 13.9 Å². The minimum Gasteiger partial charge on any atom is -0.506 e. The second-order valence-corrected chi connectivity index (χ2v) is 5.35. The topological polar surface area (TPSA) is 33.1 Å². The Kier molecular flexibility index (Phi) is 2.97. The lowest BCUT2D eigenvalue weighted by molar-refractivity contribution is 0.142. The van der Waals surface area contributed by atoms with E-state index in [9.17, 15) is 13.9 Å². The third-order valence-electron chi connectivity index (χ3n) is 2.90. The Bertz CT molecular complexity index is 588. The quantitative estimate of drug-likeness (QED) is 0.824. The monoisotopic (exact) mass is 251 g/mol. The van der Waals surface area contributed by atoms with Crippen LogP contribution in [0.2, 0.25) is 0 Å². The second-order valence-electron chi connectivity index (χ2n) is 5.35. The predicted octanol–water partition coefficient (Wildman–Crippen LogP) is 4.18. The number of hydrogen-bond acceptors (Lipinski definition) is 2. The molecule has 0 bridgehead atoms. The van der Waals surface area contributed by atoms with E-state index >= 15 is 0 Å². The lowest BCUT2D eigenvalue weighted by Gasteiger charge is -2.19. The number of fused-ring (bicyclic) bond motifs is 1. The van der Waals surface area contributed by atoms with E-state index in [2.05, 4.69) is 25.8 Å². The lowest BCUT2D eigenvalue weighted by atomic mass is 9.86. The number of halogens is 2.